The van der Waals surface area contributed by atoms with Crippen LogP contribution in [-0.2, 0) is 4.74 Å². The number of thioether (sulfide) groups is 1. The molecular formula is C14H23NOS. The molecule has 0 heterocycles. The van der Waals surface area contributed by atoms with Crippen LogP contribution in [0.2, 0.25) is 0 Å². The lowest BCUT2D eigenvalue weighted by atomic mass is 10.1. The maximum atomic E-state index is 5.70. The first kappa shape index (κ1) is 14.6. The van der Waals surface area contributed by atoms with Crippen molar-refractivity contribution in [2.75, 3.05) is 19.4 Å². The summed E-state index contributed by atoms with van der Waals surface area (Å²) >= 11 is 1.77. The van der Waals surface area contributed by atoms with Gasteiger partial charge < -0.3 is 10.1 Å². The monoisotopic (exact) mass is 253 g/mol. The fourth-order valence-corrected chi connectivity index (χ4v) is 2.05. The number of rotatable bonds is 7. The molecule has 2 nitrogen and oxygen atoms in total. The van der Waals surface area contributed by atoms with Gasteiger partial charge in [0, 0.05) is 4.90 Å². The summed E-state index contributed by atoms with van der Waals surface area (Å²) in [6.07, 6.45) is 2.38. The van der Waals surface area contributed by atoms with Gasteiger partial charge in [-0.1, -0.05) is 19.1 Å². The molecule has 0 aromatic heterocycles. The molecule has 0 saturated heterocycles. The van der Waals surface area contributed by atoms with E-state index in [9.17, 15) is 0 Å². The molecule has 0 saturated carbocycles. The zero-order valence-corrected chi connectivity index (χ0v) is 12.0. The summed E-state index contributed by atoms with van der Waals surface area (Å²) in [7, 11) is 0. The topological polar surface area (TPSA) is 21.3 Å². The summed E-state index contributed by atoms with van der Waals surface area (Å²) in [6, 6.07) is 8.99. The molecule has 96 valence electrons. The van der Waals surface area contributed by atoms with E-state index in [-0.39, 0.29) is 6.10 Å². The van der Waals surface area contributed by atoms with E-state index in [0.29, 0.717) is 6.04 Å². The van der Waals surface area contributed by atoms with Crippen molar-refractivity contribution in [1.82, 2.24) is 5.32 Å². The van der Waals surface area contributed by atoms with Crippen molar-refractivity contribution in [1.29, 1.82) is 0 Å². The van der Waals surface area contributed by atoms with Gasteiger partial charge in [0.15, 0.2) is 0 Å². The van der Waals surface area contributed by atoms with Crippen LogP contribution in [0.15, 0.2) is 29.2 Å². The van der Waals surface area contributed by atoms with E-state index < -0.39 is 0 Å². The normalized spacial score (nSPS) is 13.0. The number of benzene rings is 1. The van der Waals surface area contributed by atoms with E-state index in [1.165, 1.54) is 10.5 Å². The van der Waals surface area contributed by atoms with E-state index in [4.69, 9.17) is 4.74 Å². The lowest BCUT2D eigenvalue weighted by Gasteiger charge is -2.20. The minimum atomic E-state index is 0.279. The number of likely N-dealkylation sites (N-methyl/N-ethyl adjacent to an activating group) is 1. The zero-order valence-electron chi connectivity index (χ0n) is 11.2. The Labute approximate surface area is 109 Å². The third kappa shape index (κ3) is 5.11. The molecule has 0 aliphatic carbocycles. The smallest absolute Gasteiger partial charge is 0.0664 e. The Balaban J connectivity index is 2.67. The van der Waals surface area contributed by atoms with Gasteiger partial charge in [0.25, 0.3) is 0 Å². The van der Waals surface area contributed by atoms with Crippen LogP contribution in [0.5, 0.6) is 0 Å². The van der Waals surface area contributed by atoms with Crippen LogP contribution in [0, 0.1) is 0 Å². The standard InChI is InChI=1S/C14H23NOS/c1-5-15-14(10-16-11(2)3)12-6-8-13(17-4)9-7-12/h6-9,11,14-15H,5,10H2,1-4H3. The molecule has 1 aromatic rings. The van der Waals surface area contributed by atoms with Crippen molar-refractivity contribution in [3.8, 4) is 0 Å². The van der Waals surface area contributed by atoms with Crippen LogP contribution in [-0.4, -0.2) is 25.5 Å². The van der Waals surface area contributed by atoms with Crippen molar-refractivity contribution in [2.45, 2.75) is 37.8 Å². The fraction of sp³-hybridized carbons (Fsp3) is 0.571. The van der Waals surface area contributed by atoms with Gasteiger partial charge in [0.1, 0.15) is 0 Å². The van der Waals surface area contributed by atoms with E-state index in [1.807, 2.05) is 0 Å². The highest BCUT2D eigenvalue weighted by Gasteiger charge is 2.11. The van der Waals surface area contributed by atoms with Crippen LogP contribution < -0.4 is 5.32 Å². The van der Waals surface area contributed by atoms with Gasteiger partial charge in [0.2, 0.25) is 0 Å². The van der Waals surface area contributed by atoms with Gasteiger partial charge in [-0.05, 0) is 44.3 Å². The SMILES string of the molecule is CCNC(COC(C)C)c1ccc(SC)cc1. The molecule has 0 bridgehead atoms. The zero-order chi connectivity index (χ0) is 12.7. The largest absolute Gasteiger partial charge is 0.377 e. The highest BCUT2D eigenvalue weighted by Crippen LogP contribution is 2.19. The van der Waals surface area contributed by atoms with E-state index in [0.717, 1.165) is 13.2 Å². The first-order valence-corrected chi connectivity index (χ1v) is 7.38. The summed E-state index contributed by atoms with van der Waals surface area (Å²) < 4.78 is 5.70. The van der Waals surface area contributed by atoms with Gasteiger partial charge in [-0.2, -0.15) is 0 Å². The third-order valence-corrected chi connectivity index (χ3v) is 3.31. The number of hydrogen-bond donors (Lipinski definition) is 1. The molecule has 0 radical (unpaired) electrons. The molecule has 1 unspecified atom stereocenters. The average molecular weight is 253 g/mol. The van der Waals surface area contributed by atoms with Gasteiger partial charge in [-0.25, -0.2) is 0 Å². The van der Waals surface area contributed by atoms with Gasteiger partial charge in [-0.3, -0.25) is 0 Å². The van der Waals surface area contributed by atoms with Crippen molar-refractivity contribution in [3.05, 3.63) is 29.8 Å². The summed E-state index contributed by atoms with van der Waals surface area (Å²) in [6.45, 7) is 7.94. The van der Waals surface area contributed by atoms with Crippen LogP contribution in [0.1, 0.15) is 32.4 Å². The molecule has 0 spiro atoms. The molecule has 17 heavy (non-hydrogen) atoms. The Bertz CT molecular complexity index is 311. The van der Waals surface area contributed by atoms with Gasteiger partial charge in [-0.15, -0.1) is 11.8 Å². The first-order chi connectivity index (χ1) is 8.17. The molecule has 0 aliphatic rings. The predicted octanol–water partition coefficient (Wildman–Crippen LogP) is 3.48. The Morgan fingerprint density at radius 3 is 2.35 bits per heavy atom. The molecule has 1 N–H and O–H groups in total. The second-order valence-corrected chi connectivity index (χ2v) is 5.15. The molecule has 0 amide bonds. The van der Waals surface area contributed by atoms with Crippen LogP contribution in [0.4, 0.5) is 0 Å². The van der Waals surface area contributed by atoms with Crippen molar-refractivity contribution < 1.29 is 4.74 Å². The van der Waals surface area contributed by atoms with E-state index in [1.54, 1.807) is 11.8 Å². The molecule has 3 heteroatoms. The number of nitrogens with one attached hydrogen (secondary N) is 1. The summed E-state index contributed by atoms with van der Waals surface area (Å²) in [5.41, 5.74) is 1.30. The second kappa shape index (κ2) is 7.75. The highest BCUT2D eigenvalue weighted by molar-refractivity contribution is 7.98. The first-order valence-electron chi connectivity index (χ1n) is 6.16. The summed E-state index contributed by atoms with van der Waals surface area (Å²) in [4.78, 5) is 1.30. The Hall–Kier alpha value is -0.510. The van der Waals surface area contributed by atoms with Crippen LogP contribution in [0.3, 0.4) is 0 Å². The Kier molecular flexibility index (Phi) is 6.63. The van der Waals surface area contributed by atoms with Crippen LogP contribution >= 0.6 is 11.8 Å². The van der Waals surface area contributed by atoms with Crippen molar-refractivity contribution >= 4 is 11.8 Å². The van der Waals surface area contributed by atoms with E-state index in [2.05, 4.69) is 56.6 Å². The Morgan fingerprint density at radius 1 is 1.24 bits per heavy atom. The lowest BCUT2D eigenvalue weighted by Crippen LogP contribution is -2.26. The molecule has 1 rings (SSSR count). The Morgan fingerprint density at radius 2 is 1.88 bits per heavy atom. The number of hydrogen-bond acceptors (Lipinski definition) is 3. The predicted molar refractivity (Wildman–Crippen MR) is 75.7 cm³/mol. The maximum Gasteiger partial charge on any atom is 0.0664 e. The quantitative estimate of drug-likeness (QED) is 0.752. The molecule has 0 fully saturated rings. The molecule has 1 atom stereocenters. The van der Waals surface area contributed by atoms with E-state index >= 15 is 0 Å². The maximum absolute atomic E-state index is 5.70. The summed E-state index contributed by atoms with van der Waals surface area (Å²) in [5.74, 6) is 0. The lowest BCUT2D eigenvalue weighted by molar-refractivity contribution is 0.0614. The van der Waals surface area contributed by atoms with Crippen molar-refractivity contribution in [2.24, 2.45) is 0 Å². The summed E-state index contributed by atoms with van der Waals surface area (Å²) in [5, 5.41) is 3.46. The van der Waals surface area contributed by atoms with Crippen molar-refractivity contribution in [3.63, 3.8) is 0 Å². The number of ether oxygens (including phenoxy) is 1. The average Bonchev–Trinajstić information content (AvgIpc) is 2.34. The van der Waals surface area contributed by atoms with Crippen LogP contribution in [0.25, 0.3) is 0 Å². The fourth-order valence-electron chi connectivity index (χ4n) is 1.64. The molecule has 0 aliphatic heterocycles. The second-order valence-electron chi connectivity index (χ2n) is 4.27. The minimum absolute atomic E-state index is 0.279. The van der Waals surface area contributed by atoms with Gasteiger partial charge in [0.05, 0.1) is 18.8 Å². The molecular weight excluding hydrogens is 230 g/mol. The third-order valence-electron chi connectivity index (χ3n) is 2.56. The molecule has 1 aromatic carbocycles. The minimum Gasteiger partial charge on any atom is -0.377 e. The van der Waals surface area contributed by atoms with Gasteiger partial charge >= 0.3 is 0 Å². The highest BCUT2D eigenvalue weighted by atomic mass is 32.2.